The van der Waals surface area contributed by atoms with Crippen molar-refractivity contribution >= 4 is 71.8 Å². The molecule has 4 fully saturated rings. The zero-order valence-corrected chi connectivity index (χ0v) is 50.9. The number of hydrogen-bond acceptors (Lipinski definition) is 2. The van der Waals surface area contributed by atoms with Crippen molar-refractivity contribution in [1.29, 1.82) is 0 Å². The standard InChI is InChI=1S/C75H88N2Si2/c1-78(2,3)75(79(4,5)6)71-52-72(77(64-44-35-59(36-45-64)55-25-15-9-16-26-55)65-46-37-60(38-47-65)56-27-17-10-18-28-56)68-29-19-20-30-69(68)73(71)70-49-39-61-51-66(48-50-67(61)74(70)75)76(62-40-31-57(32-41-62)53-21-11-7-12-22-53)63-42-33-58(34-43-63)54-23-13-8-14-24-54/h19-20,29-56H,7-18,21-28H2,1-6H3. The van der Waals surface area contributed by atoms with Gasteiger partial charge in [0.1, 0.15) is 0 Å². The minimum Gasteiger partial charge on any atom is -0.310 e. The van der Waals surface area contributed by atoms with Crippen LogP contribution >= 0.6 is 0 Å². The van der Waals surface area contributed by atoms with Crippen LogP contribution in [0.25, 0.3) is 32.7 Å². The van der Waals surface area contributed by atoms with Gasteiger partial charge in [-0.3, -0.25) is 0 Å². The van der Waals surface area contributed by atoms with Crippen molar-refractivity contribution in [2.75, 3.05) is 9.80 Å². The number of nitrogens with zero attached hydrogens (tertiary/aromatic N) is 2. The largest absolute Gasteiger partial charge is 0.310 e. The van der Waals surface area contributed by atoms with Crippen LogP contribution in [0.1, 0.15) is 185 Å². The van der Waals surface area contributed by atoms with E-state index in [1.54, 1.807) is 11.1 Å². The minimum atomic E-state index is -2.13. The second-order valence-electron chi connectivity index (χ2n) is 27.4. The lowest BCUT2D eigenvalue weighted by Crippen LogP contribution is -2.63. The van der Waals surface area contributed by atoms with Crippen LogP contribution in [-0.4, -0.2) is 16.1 Å². The molecule has 0 heterocycles. The maximum Gasteiger partial charge on any atom is 0.0579 e. The van der Waals surface area contributed by atoms with E-state index in [1.807, 2.05) is 0 Å². The van der Waals surface area contributed by atoms with Crippen LogP contribution in [0.5, 0.6) is 0 Å². The van der Waals surface area contributed by atoms with Crippen LogP contribution in [0.3, 0.4) is 0 Å². The van der Waals surface area contributed by atoms with Gasteiger partial charge in [-0.2, -0.15) is 0 Å². The third kappa shape index (κ3) is 9.57. The Hall–Kier alpha value is -5.69. The first-order valence-corrected chi connectivity index (χ1v) is 38.6. The van der Waals surface area contributed by atoms with Crippen molar-refractivity contribution < 1.29 is 0 Å². The first kappa shape index (κ1) is 52.7. The fraction of sp³-hybridized carbons (Fsp3) is 0.413. The summed E-state index contributed by atoms with van der Waals surface area (Å²) in [7, 11) is -4.27. The third-order valence-electron chi connectivity index (χ3n) is 20.7. The molecule has 0 radical (unpaired) electrons. The average molecular weight is 1070 g/mol. The topological polar surface area (TPSA) is 6.48 Å². The molecule has 0 aromatic heterocycles. The lowest BCUT2D eigenvalue weighted by molar-refractivity contribution is 0.443. The molecule has 0 aliphatic heterocycles. The summed E-state index contributed by atoms with van der Waals surface area (Å²) in [6, 6.07) is 64.1. The molecule has 0 bridgehead atoms. The van der Waals surface area contributed by atoms with Crippen molar-refractivity contribution in [2.45, 2.75) is 196 Å². The summed E-state index contributed by atoms with van der Waals surface area (Å²) in [6.07, 6.45) is 26.9. The fourth-order valence-corrected chi connectivity index (χ4v) is 30.3. The predicted octanol–water partition coefficient (Wildman–Crippen LogP) is 23.1. The molecule has 0 amide bonds. The SMILES string of the molecule is C[Si](C)(C)C1([Si](C)(C)C)c2cc(N(c3ccc(C4CCCCC4)cc3)c3ccc(C4CCCCC4)cc3)c3ccccc3c2-c2ccc3cc(N(c4ccc(C5CCCCC5)cc4)c4ccc(C5CCCCC5)cc4)ccc3c21. The molecule has 4 heteroatoms. The highest BCUT2D eigenvalue weighted by atomic mass is 28.4. The number of hydrogen-bond donors (Lipinski definition) is 0. The van der Waals surface area contributed by atoms with Crippen LogP contribution in [0.15, 0.2) is 158 Å². The average Bonchev–Trinajstić information content (AvgIpc) is 2.85. The third-order valence-corrected chi connectivity index (χ3v) is 30.8. The molecule has 406 valence electrons. The van der Waals surface area contributed by atoms with E-state index >= 15 is 0 Å². The summed E-state index contributed by atoms with van der Waals surface area (Å²) in [6.45, 7) is 16.2. The Morgan fingerprint density at radius 2 is 0.709 bits per heavy atom. The molecule has 0 N–H and O–H groups in total. The highest BCUT2D eigenvalue weighted by Gasteiger charge is 2.60. The smallest absolute Gasteiger partial charge is 0.0579 e. The first-order valence-electron chi connectivity index (χ1n) is 31.6. The van der Waals surface area contributed by atoms with Crippen LogP contribution in [0, 0.1) is 0 Å². The van der Waals surface area contributed by atoms with E-state index in [4.69, 9.17) is 0 Å². The summed E-state index contributed by atoms with van der Waals surface area (Å²) in [5, 5.41) is 5.49. The number of benzene rings is 8. The Labute approximate surface area is 477 Å². The second-order valence-corrected chi connectivity index (χ2v) is 38.4. The normalized spacial score (nSPS) is 18.7. The molecule has 13 rings (SSSR count). The van der Waals surface area contributed by atoms with Crippen molar-refractivity contribution in [3.63, 3.8) is 0 Å². The van der Waals surface area contributed by atoms with Gasteiger partial charge in [0.2, 0.25) is 0 Å². The van der Waals surface area contributed by atoms with Gasteiger partial charge in [0, 0.05) is 38.5 Å². The zero-order valence-electron chi connectivity index (χ0n) is 48.9. The molecule has 0 atom stereocenters. The number of anilines is 6. The molecule has 0 spiro atoms. The monoisotopic (exact) mass is 1070 g/mol. The van der Waals surface area contributed by atoms with Gasteiger partial charge in [-0.25, -0.2) is 0 Å². The summed E-state index contributed by atoms with van der Waals surface area (Å²) >= 11 is 0. The van der Waals surface area contributed by atoms with Crippen molar-refractivity contribution in [3.8, 4) is 11.1 Å². The van der Waals surface area contributed by atoms with Crippen LogP contribution in [0.4, 0.5) is 34.1 Å². The van der Waals surface area contributed by atoms with Gasteiger partial charge < -0.3 is 9.80 Å². The zero-order chi connectivity index (χ0) is 53.9. The Bertz CT molecular complexity index is 3290. The molecule has 8 aromatic carbocycles. The summed E-state index contributed by atoms with van der Waals surface area (Å²) in [5.41, 5.74) is 19.7. The highest BCUT2D eigenvalue weighted by Crippen LogP contribution is 2.63. The van der Waals surface area contributed by atoms with Gasteiger partial charge >= 0.3 is 0 Å². The van der Waals surface area contributed by atoms with E-state index in [0.717, 1.165) is 0 Å². The van der Waals surface area contributed by atoms with Gasteiger partial charge in [0.25, 0.3) is 0 Å². The summed E-state index contributed by atoms with van der Waals surface area (Å²) < 4.78 is -0.0879. The lowest BCUT2D eigenvalue weighted by Gasteiger charge is -2.52. The van der Waals surface area contributed by atoms with Crippen LogP contribution in [-0.2, 0) is 4.66 Å². The molecule has 8 aromatic rings. The van der Waals surface area contributed by atoms with E-state index in [9.17, 15) is 0 Å². The van der Waals surface area contributed by atoms with E-state index in [0.29, 0.717) is 23.7 Å². The Balaban J connectivity index is 0.976. The molecule has 4 saturated carbocycles. The molecule has 0 unspecified atom stereocenters. The Morgan fingerprint density at radius 3 is 1.10 bits per heavy atom. The molecule has 2 nitrogen and oxygen atoms in total. The van der Waals surface area contributed by atoms with Crippen LogP contribution < -0.4 is 9.80 Å². The molecule has 0 saturated heterocycles. The fourth-order valence-electron chi connectivity index (χ4n) is 17.2. The van der Waals surface area contributed by atoms with E-state index in [-0.39, 0.29) is 4.66 Å². The Kier molecular flexibility index (Phi) is 14.4. The van der Waals surface area contributed by atoms with Gasteiger partial charge in [-0.15, -0.1) is 0 Å². The molecular formula is C75H88N2Si2. The molecule has 5 aliphatic carbocycles. The second kappa shape index (κ2) is 21.7. The maximum atomic E-state index is 2.74. The highest BCUT2D eigenvalue weighted by molar-refractivity contribution is 7.00. The minimum absolute atomic E-state index is 0.0879. The lowest BCUT2D eigenvalue weighted by atomic mass is 9.84. The van der Waals surface area contributed by atoms with Gasteiger partial charge in [-0.1, -0.05) is 207 Å². The van der Waals surface area contributed by atoms with Crippen molar-refractivity contribution in [1.82, 2.24) is 0 Å². The van der Waals surface area contributed by atoms with E-state index in [2.05, 4.69) is 207 Å². The van der Waals surface area contributed by atoms with Gasteiger partial charge in [0.15, 0.2) is 0 Å². The van der Waals surface area contributed by atoms with Gasteiger partial charge in [0.05, 0.1) is 21.8 Å². The first-order chi connectivity index (χ1) is 38.5. The Morgan fingerprint density at radius 1 is 0.342 bits per heavy atom. The number of fused-ring (bicyclic) bond motifs is 7. The molecular weight excluding hydrogens is 985 g/mol. The quantitative estimate of drug-likeness (QED) is 0.113. The maximum absolute atomic E-state index is 2.74. The van der Waals surface area contributed by atoms with Crippen molar-refractivity contribution in [3.05, 3.63) is 191 Å². The summed E-state index contributed by atoms with van der Waals surface area (Å²) in [5.74, 6) is 2.70. The van der Waals surface area contributed by atoms with Crippen LogP contribution in [0.2, 0.25) is 39.3 Å². The molecule has 79 heavy (non-hydrogen) atoms. The predicted molar refractivity (Wildman–Crippen MR) is 347 cm³/mol. The number of rotatable bonds is 12. The van der Waals surface area contributed by atoms with Gasteiger partial charge in [-0.05, 0) is 202 Å². The molecule has 5 aliphatic rings. The van der Waals surface area contributed by atoms with E-state index < -0.39 is 16.1 Å². The summed E-state index contributed by atoms with van der Waals surface area (Å²) in [4.78, 5) is 5.21. The van der Waals surface area contributed by atoms with Crippen molar-refractivity contribution in [2.24, 2.45) is 0 Å². The van der Waals surface area contributed by atoms with E-state index in [1.165, 1.54) is 217 Å².